The standard InChI is InChI=1S/C7H8FNO3S/c1-5-2-3-7(6(8)4-5)13(11,12)9-10/h2-4,9-10H,1H3. The maximum atomic E-state index is 13.0. The van der Waals surface area contributed by atoms with E-state index >= 15 is 0 Å². The molecule has 4 nitrogen and oxygen atoms in total. The minimum Gasteiger partial charge on any atom is -0.302 e. The van der Waals surface area contributed by atoms with E-state index in [9.17, 15) is 12.8 Å². The van der Waals surface area contributed by atoms with Crippen LogP contribution in [0.3, 0.4) is 0 Å². The lowest BCUT2D eigenvalue weighted by Crippen LogP contribution is -2.20. The fourth-order valence-corrected chi connectivity index (χ4v) is 1.53. The molecule has 1 rings (SSSR count). The summed E-state index contributed by atoms with van der Waals surface area (Å²) in [6.45, 7) is 1.63. The highest BCUT2D eigenvalue weighted by Gasteiger charge is 2.17. The summed E-state index contributed by atoms with van der Waals surface area (Å²) in [5, 5.41) is 8.24. The molecule has 0 aliphatic carbocycles. The fraction of sp³-hybridized carbons (Fsp3) is 0.143. The van der Waals surface area contributed by atoms with E-state index in [1.165, 1.54) is 6.07 Å². The fourth-order valence-electron chi connectivity index (χ4n) is 0.873. The molecule has 13 heavy (non-hydrogen) atoms. The first kappa shape index (κ1) is 10.1. The van der Waals surface area contributed by atoms with E-state index in [-0.39, 0.29) is 0 Å². The van der Waals surface area contributed by atoms with Gasteiger partial charge >= 0.3 is 0 Å². The zero-order chi connectivity index (χ0) is 10.1. The molecule has 0 saturated carbocycles. The quantitative estimate of drug-likeness (QED) is 0.702. The first-order valence-electron chi connectivity index (χ1n) is 3.39. The zero-order valence-electron chi connectivity index (χ0n) is 6.78. The van der Waals surface area contributed by atoms with Gasteiger partial charge in [-0.3, -0.25) is 0 Å². The van der Waals surface area contributed by atoms with E-state index in [1.54, 1.807) is 6.92 Å². The average molecular weight is 205 g/mol. The Morgan fingerprint density at radius 3 is 2.54 bits per heavy atom. The molecule has 0 saturated heterocycles. The molecular formula is C7H8FNO3S. The maximum absolute atomic E-state index is 13.0. The summed E-state index contributed by atoms with van der Waals surface area (Å²) in [6.07, 6.45) is 0. The molecule has 0 aliphatic heterocycles. The topological polar surface area (TPSA) is 66.4 Å². The average Bonchev–Trinajstić information content (AvgIpc) is 2.03. The predicted molar refractivity (Wildman–Crippen MR) is 43.2 cm³/mol. The van der Waals surface area contributed by atoms with E-state index < -0.39 is 20.7 Å². The van der Waals surface area contributed by atoms with Gasteiger partial charge < -0.3 is 5.21 Å². The molecule has 6 heteroatoms. The van der Waals surface area contributed by atoms with Crippen LogP contribution in [0.5, 0.6) is 0 Å². The molecule has 0 heterocycles. The Bertz CT molecular complexity index is 416. The largest absolute Gasteiger partial charge is 0.302 e. The van der Waals surface area contributed by atoms with Crippen molar-refractivity contribution < 1.29 is 18.0 Å². The maximum Gasteiger partial charge on any atom is 0.265 e. The Balaban J connectivity index is 3.33. The van der Waals surface area contributed by atoms with Crippen molar-refractivity contribution >= 4 is 10.0 Å². The predicted octanol–water partition coefficient (Wildman–Crippen LogP) is 0.802. The Labute approximate surface area is 75.0 Å². The monoisotopic (exact) mass is 205 g/mol. The van der Waals surface area contributed by atoms with Crippen LogP contribution in [0.15, 0.2) is 23.1 Å². The van der Waals surface area contributed by atoms with Crippen molar-refractivity contribution in [3.05, 3.63) is 29.6 Å². The van der Waals surface area contributed by atoms with Crippen LogP contribution in [0.4, 0.5) is 4.39 Å². The molecular weight excluding hydrogens is 197 g/mol. The van der Waals surface area contributed by atoms with Crippen molar-refractivity contribution in [3.8, 4) is 0 Å². The highest BCUT2D eigenvalue weighted by Crippen LogP contribution is 2.14. The molecule has 0 atom stereocenters. The van der Waals surface area contributed by atoms with Gasteiger partial charge in [0.25, 0.3) is 10.0 Å². The smallest absolute Gasteiger partial charge is 0.265 e. The molecule has 0 radical (unpaired) electrons. The van der Waals surface area contributed by atoms with Crippen LogP contribution in [0.25, 0.3) is 0 Å². The number of hydrogen-bond donors (Lipinski definition) is 2. The molecule has 0 unspecified atom stereocenters. The van der Waals surface area contributed by atoms with Gasteiger partial charge in [-0.2, -0.15) is 0 Å². The van der Waals surface area contributed by atoms with Crippen molar-refractivity contribution in [2.75, 3.05) is 0 Å². The number of nitrogens with one attached hydrogen (secondary N) is 1. The van der Waals surface area contributed by atoms with Gasteiger partial charge in [-0.05, 0) is 24.6 Å². The van der Waals surface area contributed by atoms with E-state index in [1.807, 2.05) is 0 Å². The number of sulfonamides is 1. The molecule has 2 N–H and O–H groups in total. The Kier molecular flexibility index (Phi) is 2.65. The van der Waals surface area contributed by atoms with E-state index in [4.69, 9.17) is 5.21 Å². The van der Waals surface area contributed by atoms with Crippen molar-refractivity contribution in [1.29, 1.82) is 0 Å². The number of halogens is 1. The number of hydrogen-bond acceptors (Lipinski definition) is 3. The summed E-state index contributed by atoms with van der Waals surface area (Å²) in [7, 11) is -4.12. The van der Waals surface area contributed by atoms with Gasteiger partial charge in [-0.15, -0.1) is 0 Å². The van der Waals surface area contributed by atoms with Gasteiger partial charge in [0, 0.05) is 0 Å². The van der Waals surface area contributed by atoms with Crippen LogP contribution in [0.2, 0.25) is 0 Å². The van der Waals surface area contributed by atoms with E-state index in [0.717, 1.165) is 17.0 Å². The minimum atomic E-state index is -4.12. The Hall–Kier alpha value is -0.980. The Morgan fingerprint density at radius 1 is 1.46 bits per heavy atom. The second kappa shape index (κ2) is 3.41. The molecule has 1 aromatic rings. The number of rotatable bonds is 2. The van der Waals surface area contributed by atoms with Gasteiger partial charge in [-0.1, -0.05) is 11.0 Å². The van der Waals surface area contributed by atoms with Gasteiger partial charge in [0.2, 0.25) is 0 Å². The summed E-state index contributed by atoms with van der Waals surface area (Å²) in [4.78, 5) is 0.481. The molecule has 0 aliphatic rings. The third kappa shape index (κ3) is 2.03. The van der Waals surface area contributed by atoms with Crippen molar-refractivity contribution in [2.24, 2.45) is 0 Å². The van der Waals surface area contributed by atoms with E-state index in [2.05, 4.69) is 0 Å². The first-order chi connectivity index (χ1) is 5.97. The summed E-state index contributed by atoms with van der Waals surface area (Å²) in [6, 6.07) is 3.60. The SMILES string of the molecule is Cc1ccc(S(=O)(=O)NO)c(F)c1. The van der Waals surface area contributed by atoms with Crippen molar-refractivity contribution in [3.63, 3.8) is 0 Å². The van der Waals surface area contributed by atoms with Crippen LogP contribution in [0.1, 0.15) is 5.56 Å². The van der Waals surface area contributed by atoms with Gasteiger partial charge in [0.05, 0.1) is 0 Å². The van der Waals surface area contributed by atoms with E-state index in [0.29, 0.717) is 5.56 Å². The highest BCUT2D eigenvalue weighted by atomic mass is 32.2. The Morgan fingerprint density at radius 2 is 2.08 bits per heavy atom. The summed E-state index contributed by atoms with van der Waals surface area (Å²) >= 11 is 0. The molecule has 0 bridgehead atoms. The third-order valence-electron chi connectivity index (χ3n) is 1.50. The van der Waals surface area contributed by atoms with Crippen LogP contribution >= 0.6 is 0 Å². The second-order valence-corrected chi connectivity index (χ2v) is 4.16. The van der Waals surface area contributed by atoms with Crippen molar-refractivity contribution in [1.82, 2.24) is 4.89 Å². The van der Waals surface area contributed by atoms with Crippen molar-refractivity contribution in [2.45, 2.75) is 11.8 Å². The third-order valence-corrected chi connectivity index (χ3v) is 2.65. The molecule has 0 spiro atoms. The zero-order valence-corrected chi connectivity index (χ0v) is 7.60. The van der Waals surface area contributed by atoms with Gasteiger partial charge in [-0.25, -0.2) is 12.8 Å². The number of aryl methyl sites for hydroxylation is 1. The van der Waals surface area contributed by atoms with Crippen LogP contribution < -0.4 is 4.89 Å². The highest BCUT2D eigenvalue weighted by molar-refractivity contribution is 7.89. The minimum absolute atomic E-state index is 0.569. The molecule has 0 fully saturated rings. The lowest BCUT2D eigenvalue weighted by Gasteiger charge is -2.02. The molecule has 0 aromatic heterocycles. The van der Waals surface area contributed by atoms with Crippen LogP contribution in [-0.4, -0.2) is 13.6 Å². The van der Waals surface area contributed by atoms with Gasteiger partial charge in [0.1, 0.15) is 10.7 Å². The molecule has 1 aromatic carbocycles. The normalized spacial score (nSPS) is 11.6. The number of benzene rings is 1. The summed E-state index contributed by atoms with van der Waals surface area (Å²) in [5.41, 5.74) is 0.606. The first-order valence-corrected chi connectivity index (χ1v) is 4.88. The lowest BCUT2D eigenvalue weighted by molar-refractivity contribution is 0.242. The summed E-state index contributed by atoms with van der Waals surface area (Å²) in [5.74, 6) is -0.887. The molecule has 72 valence electrons. The summed E-state index contributed by atoms with van der Waals surface area (Å²) < 4.78 is 34.9. The lowest BCUT2D eigenvalue weighted by atomic mass is 10.2. The van der Waals surface area contributed by atoms with Gasteiger partial charge in [0.15, 0.2) is 0 Å². The van der Waals surface area contributed by atoms with Crippen LogP contribution in [0, 0.1) is 12.7 Å². The van der Waals surface area contributed by atoms with Crippen LogP contribution in [-0.2, 0) is 10.0 Å². The second-order valence-electron chi connectivity index (χ2n) is 2.53. The molecule has 0 amide bonds.